The second-order valence-electron chi connectivity index (χ2n) is 7.07. The molecular weight excluding hydrogens is 361 g/mol. The van der Waals surface area contributed by atoms with Crippen LogP contribution in [0.15, 0.2) is 48.5 Å². The number of nitrogens with zero attached hydrogens (tertiary/aromatic N) is 1. The van der Waals surface area contributed by atoms with Gasteiger partial charge in [-0.15, -0.1) is 0 Å². The molecule has 0 aliphatic carbocycles. The molecule has 1 amide bonds. The summed E-state index contributed by atoms with van der Waals surface area (Å²) >= 11 is 0. The lowest BCUT2D eigenvalue weighted by molar-refractivity contribution is -0.137. The van der Waals surface area contributed by atoms with Gasteiger partial charge in [0.05, 0.1) is 5.56 Å². The molecule has 1 atom stereocenters. The van der Waals surface area contributed by atoms with Gasteiger partial charge in [-0.2, -0.15) is 0 Å². The van der Waals surface area contributed by atoms with Gasteiger partial charge in [0.2, 0.25) is 0 Å². The number of carboxylic acids is 1. The normalized spacial score (nSPS) is 16.6. The Hall–Kier alpha value is -3.02. The van der Waals surface area contributed by atoms with E-state index in [1.165, 1.54) is 24.3 Å². The predicted molar refractivity (Wildman–Crippen MR) is 102 cm³/mol. The van der Waals surface area contributed by atoms with E-state index in [0.29, 0.717) is 30.6 Å². The van der Waals surface area contributed by atoms with Crippen molar-refractivity contribution in [1.29, 1.82) is 0 Å². The van der Waals surface area contributed by atoms with Crippen molar-refractivity contribution in [1.82, 2.24) is 4.90 Å². The number of likely N-dealkylation sites (tertiary alicyclic amines) is 1. The van der Waals surface area contributed by atoms with Crippen LogP contribution in [0.4, 0.5) is 4.39 Å². The third-order valence-corrected chi connectivity index (χ3v) is 5.08. The highest BCUT2D eigenvalue weighted by atomic mass is 19.1. The number of halogens is 1. The van der Waals surface area contributed by atoms with Gasteiger partial charge >= 0.3 is 5.97 Å². The molecule has 146 valence electrons. The summed E-state index contributed by atoms with van der Waals surface area (Å²) in [5, 5.41) is 8.88. The van der Waals surface area contributed by atoms with E-state index >= 15 is 0 Å². The first-order valence-electron chi connectivity index (χ1n) is 9.36. The highest BCUT2D eigenvalue weighted by Crippen LogP contribution is 2.24. The van der Waals surface area contributed by atoms with Gasteiger partial charge in [-0.3, -0.25) is 14.4 Å². The molecule has 1 aliphatic heterocycles. The van der Waals surface area contributed by atoms with Crippen molar-refractivity contribution in [2.24, 2.45) is 5.92 Å². The fraction of sp³-hybridized carbons (Fsp3) is 0.318. The van der Waals surface area contributed by atoms with Crippen LogP contribution in [0.2, 0.25) is 0 Å². The van der Waals surface area contributed by atoms with Gasteiger partial charge in [0.1, 0.15) is 5.82 Å². The summed E-state index contributed by atoms with van der Waals surface area (Å²) < 4.78 is 13.1. The summed E-state index contributed by atoms with van der Waals surface area (Å²) in [6.07, 6.45) is 2.33. The molecule has 2 aromatic rings. The Labute approximate surface area is 162 Å². The van der Waals surface area contributed by atoms with E-state index in [2.05, 4.69) is 0 Å². The average molecular weight is 383 g/mol. The summed E-state index contributed by atoms with van der Waals surface area (Å²) in [7, 11) is 0. The summed E-state index contributed by atoms with van der Waals surface area (Å²) in [5.41, 5.74) is 0.919. The van der Waals surface area contributed by atoms with E-state index in [1.54, 1.807) is 29.2 Å². The maximum Gasteiger partial charge on any atom is 0.303 e. The Kier molecular flexibility index (Phi) is 6.19. The minimum atomic E-state index is -0.835. The molecule has 0 saturated carbocycles. The first-order valence-corrected chi connectivity index (χ1v) is 9.36. The van der Waals surface area contributed by atoms with Crippen LogP contribution < -0.4 is 0 Å². The van der Waals surface area contributed by atoms with Crippen LogP contribution in [0, 0.1) is 11.7 Å². The molecule has 0 aromatic heterocycles. The van der Waals surface area contributed by atoms with Crippen molar-refractivity contribution in [2.45, 2.75) is 25.7 Å². The Morgan fingerprint density at radius 3 is 2.39 bits per heavy atom. The van der Waals surface area contributed by atoms with Gasteiger partial charge in [-0.05, 0) is 55.5 Å². The lowest BCUT2D eigenvalue weighted by Crippen LogP contribution is -2.40. The number of carboxylic acid groups (broad SMARTS) is 1. The van der Waals surface area contributed by atoms with E-state index in [-0.39, 0.29) is 29.6 Å². The van der Waals surface area contributed by atoms with Crippen molar-refractivity contribution in [3.05, 3.63) is 71.0 Å². The van der Waals surface area contributed by atoms with Gasteiger partial charge < -0.3 is 10.0 Å². The van der Waals surface area contributed by atoms with Crippen molar-refractivity contribution < 1.29 is 23.9 Å². The highest BCUT2D eigenvalue weighted by Gasteiger charge is 2.27. The van der Waals surface area contributed by atoms with Gasteiger partial charge in [-0.1, -0.05) is 18.2 Å². The summed E-state index contributed by atoms with van der Waals surface area (Å²) in [5.74, 6) is -1.68. The Balaban J connectivity index is 1.79. The van der Waals surface area contributed by atoms with Crippen molar-refractivity contribution in [3.8, 4) is 0 Å². The Morgan fingerprint density at radius 2 is 1.71 bits per heavy atom. The number of ketones is 1. The molecule has 1 fully saturated rings. The molecule has 5 nitrogen and oxygen atoms in total. The van der Waals surface area contributed by atoms with E-state index in [4.69, 9.17) is 5.11 Å². The number of amides is 1. The molecule has 2 aromatic carbocycles. The van der Waals surface area contributed by atoms with Crippen molar-refractivity contribution in [3.63, 3.8) is 0 Å². The van der Waals surface area contributed by atoms with Gasteiger partial charge in [0.25, 0.3) is 5.91 Å². The van der Waals surface area contributed by atoms with Crippen molar-refractivity contribution >= 4 is 17.7 Å². The van der Waals surface area contributed by atoms with Crippen LogP contribution >= 0.6 is 0 Å². The second kappa shape index (κ2) is 8.78. The molecule has 1 saturated heterocycles. The summed E-state index contributed by atoms with van der Waals surface area (Å²) in [6, 6.07) is 11.9. The van der Waals surface area contributed by atoms with Gasteiger partial charge in [0.15, 0.2) is 5.78 Å². The van der Waals surface area contributed by atoms with Crippen LogP contribution in [-0.4, -0.2) is 40.8 Å². The first kappa shape index (κ1) is 19.7. The number of rotatable bonds is 6. The van der Waals surface area contributed by atoms with Crippen LogP contribution in [0.1, 0.15) is 52.0 Å². The minimum absolute atomic E-state index is 0.0896. The number of benzene rings is 2. The highest BCUT2D eigenvalue weighted by molar-refractivity contribution is 6.15. The molecule has 0 radical (unpaired) electrons. The minimum Gasteiger partial charge on any atom is -0.481 e. The molecule has 1 N–H and O–H groups in total. The Morgan fingerprint density at radius 1 is 1.04 bits per heavy atom. The zero-order chi connectivity index (χ0) is 20.1. The Bertz CT molecular complexity index is 878. The third-order valence-electron chi connectivity index (χ3n) is 5.08. The molecule has 1 heterocycles. The third kappa shape index (κ3) is 4.63. The van der Waals surface area contributed by atoms with Gasteiger partial charge in [0, 0.05) is 30.6 Å². The molecule has 0 unspecified atom stereocenters. The second-order valence-corrected chi connectivity index (χ2v) is 7.07. The predicted octanol–water partition coefficient (Wildman–Crippen LogP) is 3.77. The standard InChI is InChI=1S/C22H22FNO4/c23-17-10-8-16(9-11-17)21(27)18-5-1-2-6-19(18)22(28)24-13-3-4-15(14-24)7-12-20(25)26/h1-2,5-6,8-11,15H,3-4,7,12-14H2,(H,25,26)/t15-/m0/s1. The van der Waals surface area contributed by atoms with Gasteiger partial charge in [-0.25, -0.2) is 4.39 Å². The smallest absolute Gasteiger partial charge is 0.303 e. The molecule has 0 spiro atoms. The maximum absolute atomic E-state index is 13.1. The first-order chi connectivity index (χ1) is 13.5. The lowest BCUT2D eigenvalue weighted by Gasteiger charge is -2.33. The number of carbonyl (C=O) groups excluding carboxylic acids is 2. The SMILES string of the molecule is O=C(O)CC[C@@H]1CCCN(C(=O)c2ccccc2C(=O)c2ccc(F)cc2)C1. The zero-order valence-electron chi connectivity index (χ0n) is 15.4. The lowest BCUT2D eigenvalue weighted by atomic mass is 9.92. The quantitative estimate of drug-likeness (QED) is 0.771. The fourth-order valence-electron chi connectivity index (χ4n) is 3.61. The van der Waals surface area contributed by atoms with E-state index in [0.717, 1.165) is 12.8 Å². The number of aliphatic carboxylic acids is 1. The summed E-state index contributed by atoms with van der Waals surface area (Å²) in [6.45, 7) is 1.08. The van der Waals surface area contributed by atoms with Crippen LogP contribution in [0.3, 0.4) is 0 Å². The van der Waals surface area contributed by atoms with Crippen LogP contribution in [0.25, 0.3) is 0 Å². The molecule has 0 bridgehead atoms. The zero-order valence-corrected chi connectivity index (χ0v) is 15.4. The van der Waals surface area contributed by atoms with Crippen LogP contribution in [-0.2, 0) is 4.79 Å². The fourth-order valence-corrected chi connectivity index (χ4v) is 3.61. The number of carbonyl (C=O) groups is 3. The molecule has 28 heavy (non-hydrogen) atoms. The molecular formula is C22H22FNO4. The summed E-state index contributed by atoms with van der Waals surface area (Å²) in [4.78, 5) is 38.5. The van der Waals surface area contributed by atoms with E-state index in [9.17, 15) is 18.8 Å². The molecule has 3 rings (SSSR count). The average Bonchev–Trinajstić information content (AvgIpc) is 2.72. The maximum atomic E-state index is 13.1. The van der Waals surface area contributed by atoms with E-state index < -0.39 is 11.8 Å². The number of hydrogen-bond acceptors (Lipinski definition) is 3. The van der Waals surface area contributed by atoms with E-state index in [1.807, 2.05) is 0 Å². The monoisotopic (exact) mass is 383 g/mol. The largest absolute Gasteiger partial charge is 0.481 e. The van der Waals surface area contributed by atoms with Crippen LogP contribution in [0.5, 0.6) is 0 Å². The number of piperidine rings is 1. The number of hydrogen-bond donors (Lipinski definition) is 1. The molecule has 1 aliphatic rings. The topological polar surface area (TPSA) is 74.7 Å². The van der Waals surface area contributed by atoms with Crippen molar-refractivity contribution in [2.75, 3.05) is 13.1 Å². The molecule has 6 heteroatoms.